The number of nitrogens with zero attached hydrogens (tertiary/aromatic N) is 1. The molecule has 1 aromatic rings. The van der Waals surface area contributed by atoms with Crippen molar-refractivity contribution in [2.24, 2.45) is 0 Å². The summed E-state index contributed by atoms with van der Waals surface area (Å²) in [5, 5.41) is 9.54. The first kappa shape index (κ1) is 7.02. The lowest BCUT2D eigenvalue weighted by molar-refractivity contribution is 0.275. The molecule has 0 fully saturated rings. The molecule has 10 heavy (non-hydrogen) atoms. The average molecular weight is 141 g/mol. The van der Waals surface area contributed by atoms with Crippen LogP contribution in [0.1, 0.15) is 0 Å². The molecule has 0 atom stereocenters. The molecular formula is C7H8FNO. The number of hydrogen-bond acceptors (Lipinski definition) is 2. The molecular weight excluding hydrogens is 133 g/mol. The fourth-order valence-electron chi connectivity index (χ4n) is 0.714. The summed E-state index contributed by atoms with van der Waals surface area (Å²) in [7, 11) is 1.37. The number of hydroxylamine groups is 1. The number of halogens is 1. The fourth-order valence-corrected chi connectivity index (χ4v) is 0.714. The zero-order valence-corrected chi connectivity index (χ0v) is 5.58. The minimum Gasteiger partial charge on any atom is -0.289 e. The zero-order valence-electron chi connectivity index (χ0n) is 5.58. The van der Waals surface area contributed by atoms with E-state index >= 15 is 0 Å². The van der Waals surface area contributed by atoms with Gasteiger partial charge in [-0.1, -0.05) is 12.1 Å². The summed E-state index contributed by atoms with van der Waals surface area (Å²) in [6.45, 7) is 0. The van der Waals surface area contributed by atoms with Crippen LogP contribution in [0.3, 0.4) is 0 Å². The monoisotopic (exact) mass is 141 g/mol. The Bertz CT molecular complexity index is 225. The summed E-state index contributed by atoms with van der Waals surface area (Å²) in [4.78, 5) is 0. The second-order valence-electron chi connectivity index (χ2n) is 1.98. The molecule has 1 N–H and O–H groups in total. The summed E-state index contributed by atoms with van der Waals surface area (Å²) in [6, 6.07) is 6.02. The molecule has 0 unspecified atom stereocenters. The van der Waals surface area contributed by atoms with E-state index in [4.69, 9.17) is 5.21 Å². The van der Waals surface area contributed by atoms with Crippen molar-refractivity contribution in [3.63, 3.8) is 0 Å². The Morgan fingerprint density at radius 3 is 2.40 bits per heavy atom. The van der Waals surface area contributed by atoms with E-state index in [0.29, 0.717) is 0 Å². The highest BCUT2D eigenvalue weighted by Gasteiger charge is 2.01. The van der Waals surface area contributed by atoms with Crippen LogP contribution in [0.5, 0.6) is 0 Å². The van der Waals surface area contributed by atoms with E-state index in [1.165, 1.54) is 19.2 Å². The third-order valence-corrected chi connectivity index (χ3v) is 1.20. The lowest BCUT2D eigenvalue weighted by atomic mass is 10.3. The molecule has 0 aliphatic heterocycles. The van der Waals surface area contributed by atoms with Gasteiger partial charge >= 0.3 is 0 Å². The molecule has 2 nitrogen and oxygen atoms in total. The Hall–Kier alpha value is -1.09. The molecule has 0 amide bonds. The minimum atomic E-state index is -0.424. The number of para-hydroxylation sites is 1. The van der Waals surface area contributed by atoms with Crippen molar-refractivity contribution in [3.8, 4) is 0 Å². The van der Waals surface area contributed by atoms with Gasteiger partial charge in [-0.3, -0.25) is 10.3 Å². The first-order chi connectivity index (χ1) is 4.72. The van der Waals surface area contributed by atoms with Crippen LogP contribution in [0.2, 0.25) is 0 Å². The Morgan fingerprint density at radius 1 is 1.40 bits per heavy atom. The molecule has 1 rings (SSSR count). The van der Waals surface area contributed by atoms with Crippen LogP contribution >= 0.6 is 0 Å². The summed E-state index contributed by atoms with van der Waals surface area (Å²) in [5.74, 6) is -0.424. The maximum Gasteiger partial charge on any atom is 0.148 e. The molecule has 0 radical (unpaired) electrons. The fraction of sp³-hybridized carbons (Fsp3) is 0.143. The van der Waals surface area contributed by atoms with Crippen LogP contribution in [0, 0.1) is 5.82 Å². The number of hydrogen-bond donors (Lipinski definition) is 1. The molecule has 0 spiro atoms. The van der Waals surface area contributed by atoms with E-state index < -0.39 is 5.82 Å². The Morgan fingerprint density at radius 2 is 2.00 bits per heavy atom. The first-order valence-electron chi connectivity index (χ1n) is 2.89. The molecule has 0 bridgehead atoms. The van der Waals surface area contributed by atoms with Crippen molar-refractivity contribution >= 4 is 5.69 Å². The van der Waals surface area contributed by atoms with Gasteiger partial charge in [0.15, 0.2) is 0 Å². The molecule has 0 aliphatic rings. The molecule has 1 aromatic carbocycles. The van der Waals surface area contributed by atoms with Crippen LogP contribution in [-0.4, -0.2) is 12.3 Å². The van der Waals surface area contributed by atoms with Crippen LogP contribution in [0.4, 0.5) is 10.1 Å². The quantitative estimate of drug-likeness (QED) is 0.601. The van der Waals surface area contributed by atoms with E-state index in [0.717, 1.165) is 5.06 Å². The largest absolute Gasteiger partial charge is 0.289 e. The van der Waals surface area contributed by atoms with E-state index in [2.05, 4.69) is 0 Å². The van der Waals surface area contributed by atoms with Gasteiger partial charge in [-0.15, -0.1) is 0 Å². The van der Waals surface area contributed by atoms with Crippen molar-refractivity contribution in [1.29, 1.82) is 0 Å². The van der Waals surface area contributed by atoms with E-state index in [1.54, 1.807) is 12.1 Å². The summed E-state index contributed by atoms with van der Waals surface area (Å²) < 4.78 is 12.6. The molecule has 0 aromatic heterocycles. The Kier molecular flexibility index (Phi) is 1.87. The normalized spacial score (nSPS) is 9.50. The van der Waals surface area contributed by atoms with Gasteiger partial charge < -0.3 is 0 Å². The standard InChI is InChI=1S/C7H8FNO/c1-9(10)7-5-3-2-4-6(7)8/h2-5,10H,1H3. The highest BCUT2D eigenvalue weighted by Crippen LogP contribution is 2.14. The predicted molar refractivity (Wildman–Crippen MR) is 36.6 cm³/mol. The van der Waals surface area contributed by atoms with Crippen LogP contribution in [0.25, 0.3) is 0 Å². The summed E-state index contributed by atoms with van der Waals surface area (Å²) in [5.41, 5.74) is 0.183. The third-order valence-electron chi connectivity index (χ3n) is 1.20. The SMILES string of the molecule is CN(O)c1ccccc1F. The van der Waals surface area contributed by atoms with Crippen LogP contribution in [0.15, 0.2) is 24.3 Å². The third kappa shape index (κ3) is 1.25. The second kappa shape index (κ2) is 2.66. The topological polar surface area (TPSA) is 23.5 Å². The molecule has 3 heteroatoms. The van der Waals surface area contributed by atoms with Gasteiger partial charge in [0, 0.05) is 7.05 Å². The number of anilines is 1. The van der Waals surface area contributed by atoms with Gasteiger partial charge in [0.05, 0.1) is 5.69 Å². The Labute approximate surface area is 58.5 Å². The van der Waals surface area contributed by atoms with Gasteiger partial charge in [-0.25, -0.2) is 4.39 Å². The molecule has 0 saturated heterocycles. The highest BCUT2D eigenvalue weighted by atomic mass is 19.1. The van der Waals surface area contributed by atoms with E-state index in [-0.39, 0.29) is 5.69 Å². The molecule has 0 heterocycles. The maximum atomic E-state index is 12.6. The maximum absolute atomic E-state index is 12.6. The minimum absolute atomic E-state index is 0.183. The van der Waals surface area contributed by atoms with Crippen molar-refractivity contribution in [1.82, 2.24) is 0 Å². The molecule has 54 valence electrons. The van der Waals surface area contributed by atoms with Gasteiger partial charge in [0.1, 0.15) is 5.82 Å². The smallest absolute Gasteiger partial charge is 0.148 e. The highest BCUT2D eigenvalue weighted by molar-refractivity contribution is 5.43. The second-order valence-corrected chi connectivity index (χ2v) is 1.98. The van der Waals surface area contributed by atoms with Gasteiger partial charge in [-0.2, -0.15) is 0 Å². The van der Waals surface area contributed by atoms with Gasteiger partial charge in [0.2, 0.25) is 0 Å². The zero-order chi connectivity index (χ0) is 7.56. The van der Waals surface area contributed by atoms with Crippen molar-refractivity contribution < 1.29 is 9.60 Å². The molecule has 0 aliphatic carbocycles. The number of rotatable bonds is 1. The van der Waals surface area contributed by atoms with E-state index in [1.807, 2.05) is 0 Å². The summed E-state index contributed by atoms with van der Waals surface area (Å²) in [6.07, 6.45) is 0. The van der Waals surface area contributed by atoms with Crippen molar-refractivity contribution in [3.05, 3.63) is 30.1 Å². The van der Waals surface area contributed by atoms with Crippen molar-refractivity contribution in [2.75, 3.05) is 12.1 Å². The summed E-state index contributed by atoms with van der Waals surface area (Å²) >= 11 is 0. The lowest BCUT2D eigenvalue weighted by Crippen LogP contribution is -2.11. The van der Waals surface area contributed by atoms with Crippen molar-refractivity contribution in [2.45, 2.75) is 0 Å². The first-order valence-corrected chi connectivity index (χ1v) is 2.89. The molecule has 0 saturated carbocycles. The van der Waals surface area contributed by atoms with Crippen LogP contribution in [-0.2, 0) is 0 Å². The Balaban J connectivity index is 3.03. The van der Waals surface area contributed by atoms with Gasteiger partial charge in [0.25, 0.3) is 0 Å². The number of benzene rings is 1. The average Bonchev–Trinajstić information content (AvgIpc) is 1.88. The predicted octanol–water partition coefficient (Wildman–Crippen LogP) is 1.65. The van der Waals surface area contributed by atoms with Crippen LogP contribution < -0.4 is 5.06 Å². The lowest BCUT2D eigenvalue weighted by Gasteiger charge is -2.09. The van der Waals surface area contributed by atoms with E-state index in [9.17, 15) is 4.39 Å². The van der Waals surface area contributed by atoms with Gasteiger partial charge in [-0.05, 0) is 12.1 Å².